The standard InChI is InChI=1S/C17H22F3NO3S/c1-2-3-4-5-10-25(22,23)21-17(8-9-17)13-6-7-14(18)15(11-13)24-12-16(19)20/h3-4,6-7,11,16,21H,2,5,8-10,12H2,1H3/b4-3+. The predicted octanol–water partition coefficient (Wildman–Crippen LogP) is 3.73. The highest BCUT2D eigenvalue weighted by Gasteiger charge is 2.47. The molecule has 4 nitrogen and oxygen atoms in total. The van der Waals surface area contributed by atoms with Crippen molar-refractivity contribution in [2.75, 3.05) is 12.4 Å². The molecule has 140 valence electrons. The first-order chi connectivity index (χ1) is 11.8. The van der Waals surface area contributed by atoms with Crippen molar-refractivity contribution in [3.05, 3.63) is 41.7 Å². The zero-order valence-electron chi connectivity index (χ0n) is 14.0. The molecule has 0 heterocycles. The van der Waals surface area contributed by atoms with Crippen LogP contribution in [0.4, 0.5) is 13.2 Å². The number of halogens is 3. The molecule has 8 heteroatoms. The van der Waals surface area contributed by atoms with E-state index in [0.29, 0.717) is 24.8 Å². The third-order valence-electron chi connectivity index (χ3n) is 3.91. The van der Waals surface area contributed by atoms with E-state index in [-0.39, 0.29) is 11.5 Å². The number of rotatable bonds is 10. The van der Waals surface area contributed by atoms with E-state index in [2.05, 4.69) is 4.72 Å². The molecule has 1 aromatic carbocycles. The molecule has 1 N–H and O–H groups in total. The number of hydrogen-bond acceptors (Lipinski definition) is 3. The van der Waals surface area contributed by atoms with Gasteiger partial charge in [0.1, 0.15) is 6.61 Å². The molecule has 0 aromatic heterocycles. The summed E-state index contributed by atoms with van der Waals surface area (Å²) in [5.41, 5.74) is -0.282. The lowest BCUT2D eigenvalue weighted by Crippen LogP contribution is -2.36. The highest BCUT2D eigenvalue weighted by molar-refractivity contribution is 7.89. The van der Waals surface area contributed by atoms with Crippen LogP contribution in [0.1, 0.15) is 38.2 Å². The molecule has 0 bridgehead atoms. The number of sulfonamides is 1. The molecule has 2 rings (SSSR count). The quantitative estimate of drug-likeness (QED) is 0.632. The summed E-state index contributed by atoms with van der Waals surface area (Å²) >= 11 is 0. The van der Waals surface area contributed by atoms with Gasteiger partial charge in [-0.1, -0.05) is 25.1 Å². The summed E-state index contributed by atoms with van der Waals surface area (Å²) in [6.45, 7) is 1.05. The van der Waals surface area contributed by atoms with Crippen molar-refractivity contribution >= 4 is 10.0 Å². The summed E-state index contributed by atoms with van der Waals surface area (Å²) < 4.78 is 70.1. The van der Waals surface area contributed by atoms with E-state index in [1.54, 1.807) is 0 Å². The second-order valence-electron chi connectivity index (χ2n) is 6.02. The lowest BCUT2D eigenvalue weighted by molar-refractivity contribution is 0.0798. The van der Waals surface area contributed by atoms with Gasteiger partial charge in [-0.05, 0) is 43.4 Å². The van der Waals surface area contributed by atoms with Crippen molar-refractivity contribution in [3.8, 4) is 5.75 Å². The van der Waals surface area contributed by atoms with Crippen molar-refractivity contribution < 1.29 is 26.3 Å². The Labute approximate surface area is 146 Å². The van der Waals surface area contributed by atoms with Gasteiger partial charge in [-0.15, -0.1) is 0 Å². The number of benzene rings is 1. The van der Waals surface area contributed by atoms with E-state index in [9.17, 15) is 21.6 Å². The Kier molecular flexibility index (Phi) is 6.51. The van der Waals surface area contributed by atoms with Crippen molar-refractivity contribution in [3.63, 3.8) is 0 Å². The van der Waals surface area contributed by atoms with E-state index in [0.717, 1.165) is 12.5 Å². The van der Waals surface area contributed by atoms with Gasteiger partial charge >= 0.3 is 0 Å². The minimum absolute atomic E-state index is 0.0405. The monoisotopic (exact) mass is 377 g/mol. The summed E-state index contributed by atoms with van der Waals surface area (Å²) in [6.07, 6.45) is 3.38. The van der Waals surface area contributed by atoms with Crippen molar-refractivity contribution in [2.24, 2.45) is 0 Å². The SMILES string of the molecule is CC/C=C/CCS(=O)(=O)NC1(c2ccc(F)c(OCC(F)F)c2)CC1. The molecular weight excluding hydrogens is 355 g/mol. The maximum Gasteiger partial charge on any atom is 0.272 e. The summed E-state index contributed by atoms with van der Waals surface area (Å²) in [7, 11) is -3.51. The molecule has 1 saturated carbocycles. The van der Waals surface area contributed by atoms with E-state index in [1.165, 1.54) is 12.1 Å². The van der Waals surface area contributed by atoms with Crippen LogP contribution in [0.3, 0.4) is 0 Å². The molecule has 0 radical (unpaired) electrons. The molecule has 1 fully saturated rings. The van der Waals surface area contributed by atoms with Gasteiger partial charge in [0, 0.05) is 0 Å². The van der Waals surface area contributed by atoms with Crippen LogP contribution in [-0.4, -0.2) is 27.2 Å². The van der Waals surface area contributed by atoms with Crippen molar-refractivity contribution in [1.82, 2.24) is 4.72 Å². The summed E-state index contributed by atoms with van der Waals surface area (Å²) in [4.78, 5) is 0. The number of hydrogen-bond donors (Lipinski definition) is 1. The highest BCUT2D eigenvalue weighted by Crippen LogP contribution is 2.47. The van der Waals surface area contributed by atoms with Crippen LogP contribution >= 0.6 is 0 Å². The zero-order valence-corrected chi connectivity index (χ0v) is 14.8. The first kappa shape index (κ1) is 19.8. The van der Waals surface area contributed by atoms with Gasteiger partial charge in [-0.2, -0.15) is 0 Å². The fraction of sp³-hybridized carbons (Fsp3) is 0.529. The Balaban J connectivity index is 2.09. The molecule has 0 unspecified atom stereocenters. The van der Waals surface area contributed by atoms with E-state index in [4.69, 9.17) is 4.74 Å². The lowest BCUT2D eigenvalue weighted by Gasteiger charge is -2.19. The van der Waals surface area contributed by atoms with Crippen molar-refractivity contribution in [2.45, 2.75) is 44.6 Å². The molecular formula is C17H22F3NO3S. The second kappa shape index (κ2) is 8.23. The minimum Gasteiger partial charge on any atom is -0.485 e. The van der Waals surface area contributed by atoms with Crippen LogP contribution in [0.2, 0.25) is 0 Å². The van der Waals surface area contributed by atoms with E-state index >= 15 is 0 Å². The molecule has 0 atom stereocenters. The van der Waals surface area contributed by atoms with Crippen molar-refractivity contribution in [1.29, 1.82) is 0 Å². The van der Waals surface area contributed by atoms with Gasteiger partial charge in [-0.25, -0.2) is 26.3 Å². The largest absolute Gasteiger partial charge is 0.485 e. The smallest absolute Gasteiger partial charge is 0.272 e. The third kappa shape index (κ3) is 5.74. The van der Waals surface area contributed by atoms with Gasteiger partial charge in [0.25, 0.3) is 6.43 Å². The fourth-order valence-electron chi connectivity index (χ4n) is 2.50. The Bertz CT molecular complexity index is 716. The molecule has 0 aliphatic heterocycles. The summed E-state index contributed by atoms with van der Waals surface area (Å²) in [5, 5.41) is 0. The first-order valence-electron chi connectivity index (χ1n) is 8.15. The number of alkyl halides is 2. The number of ether oxygens (including phenoxy) is 1. The van der Waals surface area contributed by atoms with Crippen LogP contribution in [0.5, 0.6) is 5.75 Å². The van der Waals surface area contributed by atoms with Crippen LogP contribution in [0.25, 0.3) is 0 Å². The molecule has 1 aliphatic rings. The van der Waals surface area contributed by atoms with Gasteiger partial charge < -0.3 is 4.74 Å². The molecule has 1 aliphatic carbocycles. The third-order valence-corrected chi connectivity index (χ3v) is 5.38. The highest BCUT2D eigenvalue weighted by atomic mass is 32.2. The van der Waals surface area contributed by atoms with Gasteiger partial charge in [0.15, 0.2) is 11.6 Å². The van der Waals surface area contributed by atoms with E-state index < -0.39 is 34.4 Å². The first-order valence-corrected chi connectivity index (χ1v) is 9.81. The van der Waals surface area contributed by atoms with Gasteiger partial charge in [-0.3, -0.25) is 0 Å². The van der Waals surface area contributed by atoms with Crippen LogP contribution < -0.4 is 9.46 Å². The Hall–Kier alpha value is -1.54. The maximum absolute atomic E-state index is 13.7. The molecule has 0 saturated heterocycles. The molecule has 0 spiro atoms. The Morgan fingerprint density at radius 2 is 2.04 bits per heavy atom. The zero-order chi connectivity index (χ0) is 18.5. The van der Waals surface area contributed by atoms with Crippen LogP contribution in [0.15, 0.2) is 30.4 Å². The normalized spacial score (nSPS) is 16.5. The lowest BCUT2D eigenvalue weighted by atomic mass is 10.1. The molecule has 0 amide bonds. The minimum atomic E-state index is -3.51. The molecule has 25 heavy (non-hydrogen) atoms. The topological polar surface area (TPSA) is 55.4 Å². The average molecular weight is 377 g/mol. The number of nitrogens with one attached hydrogen (secondary N) is 1. The van der Waals surface area contributed by atoms with Crippen LogP contribution in [-0.2, 0) is 15.6 Å². The average Bonchev–Trinajstić information content (AvgIpc) is 3.30. The Morgan fingerprint density at radius 3 is 2.64 bits per heavy atom. The summed E-state index contributed by atoms with van der Waals surface area (Å²) in [6, 6.07) is 3.86. The summed E-state index contributed by atoms with van der Waals surface area (Å²) in [5.74, 6) is -1.09. The second-order valence-corrected chi connectivity index (χ2v) is 7.86. The Morgan fingerprint density at radius 1 is 1.32 bits per heavy atom. The number of allylic oxidation sites excluding steroid dienone is 2. The fourth-order valence-corrected chi connectivity index (χ4v) is 3.96. The molecule has 1 aromatic rings. The predicted molar refractivity (Wildman–Crippen MR) is 89.8 cm³/mol. The van der Waals surface area contributed by atoms with Crippen LogP contribution in [0, 0.1) is 5.82 Å². The van der Waals surface area contributed by atoms with Gasteiger partial charge in [0.2, 0.25) is 10.0 Å². The van der Waals surface area contributed by atoms with E-state index in [1.807, 2.05) is 19.1 Å². The maximum atomic E-state index is 13.7. The van der Waals surface area contributed by atoms with Gasteiger partial charge in [0.05, 0.1) is 11.3 Å².